The van der Waals surface area contributed by atoms with E-state index in [9.17, 15) is 9.59 Å². The van der Waals surface area contributed by atoms with Crippen LogP contribution in [0.4, 0.5) is 5.69 Å². The molecule has 0 radical (unpaired) electrons. The molecular formula is C23H28N2O4. The van der Waals surface area contributed by atoms with Gasteiger partial charge in [0.15, 0.2) is 11.5 Å². The van der Waals surface area contributed by atoms with Crippen molar-refractivity contribution >= 4 is 17.5 Å². The lowest BCUT2D eigenvalue weighted by atomic mass is 10.1. The van der Waals surface area contributed by atoms with Gasteiger partial charge in [-0.3, -0.25) is 9.59 Å². The third kappa shape index (κ3) is 5.08. The van der Waals surface area contributed by atoms with Gasteiger partial charge in [0.1, 0.15) is 5.92 Å². The van der Waals surface area contributed by atoms with Crippen molar-refractivity contribution in [2.45, 2.75) is 26.7 Å². The van der Waals surface area contributed by atoms with Crippen LogP contribution in [-0.2, 0) is 16.0 Å². The third-order valence-electron chi connectivity index (χ3n) is 4.91. The second-order valence-corrected chi connectivity index (χ2v) is 6.85. The van der Waals surface area contributed by atoms with Crippen LogP contribution in [0.1, 0.15) is 25.8 Å². The van der Waals surface area contributed by atoms with Gasteiger partial charge in [0, 0.05) is 18.8 Å². The highest BCUT2D eigenvalue weighted by Crippen LogP contribution is 2.29. The number of hydrogen-bond donors (Lipinski definition) is 1. The van der Waals surface area contributed by atoms with Gasteiger partial charge in [0.2, 0.25) is 11.8 Å². The molecule has 29 heavy (non-hydrogen) atoms. The second-order valence-electron chi connectivity index (χ2n) is 6.85. The first-order chi connectivity index (χ1) is 14.1. The van der Waals surface area contributed by atoms with Crippen molar-refractivity contribution in [2.75, 3.05) is 31.2 Å². The monoisotopic (exact) mass is 396 g/mol. The van der Waals surface area contributed by atoms with Gasteiger partial charge in [-0.15, -0.1) is 0 Å². The van der Waals surface area contributed by atoms with E-state index in [1.165, 1.54) is 0 Å². The third-order valence-corrected chi connectivity index (χ3v) is 4.91. The predicted octanol–water partition coefficient (Wildman–Crippen LogP) is 3.20. The molecule has 1 saturated heterocycles. The number of carbonyl (C=O) groups is 2. The number of carbonyl (C=O) groups excluding carboxylic acids is 2. The van der Waals surface area contributed by atoms with Crippen LogP contribution >= 0.6 is 0 Å². The maximum Gasteiger partial charge on any atom is 0.239 e. The standard InChI is InChI=1S/C23H28N2O4/c1-3-28-20-11-10-17(16-21(20)29-4-2)12-14-24-22(26)19-13-15-25(23(19)27)18-8-6-5-7-9-18/h5-11,16,19H,3-4,12-15H2,1-2H3,(H,24,26). The van der Waals surface area contributed by atoms with Gasteiger partial charge in [-0.05, 0) is 56.5 Å². The van der Waals surface area contributed by atoms with Crippen molar-refractivity contribution in [1.82, 2.24) is 5.32 Å². The maximum atomic E-state index is 12.6. The van der Waals surface area contributed by atoms with Crippen molar-refractivity contribution < 1.29 is 19.1 Å². The number of amides is 2. The molecule has 6 nitrogen and oxygen atoms in total. The number of nitrogens with zero attached hydrogens (tertiary/aromatic N) is 1. The summed E-state index contributed by atoms with van der Waals surface area (Å²) in [5, 5.41) is 2.91. The SMILES string of the molecule is CCOc1ccc(CCNC(=O)C2CCN(c3ccccc3)C2=O)cc1OCC. The van der Waals surface area contributed by atoms with E-state index in [-0.39, 0.29) is 11.8 Å². The molecule has 1 heterocycles. The molecule has 3 rings (SSSR count). The van der Waals surface area contributed by atoms with Crippen LogP contribution in [0.3, 0.4) is 0 Å². The first-order valence-electron chi connectivity index (χ1n) is 10.2. The van der Waals surface area contributed by atoms with E-state index in [4.69, 9.17) is 9.47 Å². The van der Waals surface area contributed by atoms with E-state index in [0.717, 1.165) is 17.0 Å². The zero-order valence-corrected chi connectivity index (χ0v) is 17.0. The van der Waals surface area contributed by atoms with Crippen molar-refractivity contribution in [1.29, 1.82) is 0 Å². The Kier molecular flexibility index (Phi) is 7.11. The van der Waals surface area contributed by atoms with Crippen LogP contribution in [-0.4, -0.2) is 38.1 Å². The molecule has 6 heteroatoms. The van der Waals surface area contributed by atoms with Crippen LogP contribution in [0.5, 0.6) is 11.5 Å². The number of anilines is 1. The Hall–Kier alpha value is -3.02. The number of ether oxygens (including phenoxy) is 2. The number of nitrogens with one attached hydrogen (secondary N) is 1. The molecule has 1 fully saturated rings. The summed E-state index contributed by atoms with van der Waals surface area (Å²) in [6.07, 6.45) is 1.19. The average molecular weight is 396 g/mol. The first kappa shape index (κ1) is 20.7. The zero-order valence-electron chi connectivity index (χ0n) is 17.0. The summed E-state index contributed by atoms with van der Waals surface area (Å²) in [5.74, 6) is 0.481. The van der Waals surface area contributed by atoms with Gasteiger partial charge in [-0.2, -0.15) is 0 Å². The fourth-order valence-corrected chi connectivity index (χ4v) is 3.49. The summed E-state index contributed by atoms with van der Waals surface area (Å²) >= 11 is 0. The van der Waals surface area contributed by atoms with Gasteiger partial charge in [0.05, 0.1) is 13.2 Å². The summed E-state index contributed by atoms with van der Waals surface area (Å²) < 4.78 is 11.2. The van der Waals surface area contributed by atoms with E-state index >= 15 is 0 Å². The van der Waals surface area contributed by atoms with Gasteiger partial charge < -0.3 is 19.7 Å². The quantitative estimate of drug-likeness (QED) is 0.661. The maximum absolute atomic E-state index is 12.6. The zero-order chi connectivity index (χ0) is 20.6. The Morgan fingerprint density at radius 1 is 1.07 bits per heavy atom. The van der Waals surface area contributed by atoms with Crippen LogP contribution in [0, 0.1) is 5.92 Å². The van der Waals surface area contributed by atoms with Crippen molar-refractivity contribution in [2.24, 2.45) is 5.92 Å². The molecule has 0 bridgehead atoms. The van der Waals surface area contributed by atoms with E-state index in [0.29, 0.717) is 44.9 Å². The molecule has 1 N–H and O–H groups in total. The fourth-order valence-electron chi connectivity index (χ4n) is 3.49. The van der Waals surface area contributed by atoms with Gasteiger partial charge in [-0.1, -0.05) is 24.3 Å². The highest BCUT2D eigenvalue weighted by Gasteiger charge is 2.37. The van der Waals surface area contributed by atoms with Crippen LogP contribution in [0.15, 0.2) is 48.5 Å². The molecule has 0 spiro atoms. The molecule has 0 aliphatic carbocycles. The summed E-state index contributed by atoms with van der Waals surface area (Å²) in [5.41, 5.74) is 1.88. The summed E-state index contributed by atoms with van der Waals surface area (Å²) in [4.78, 5) is 26.8. The Morgan fingerprint density at radius 3 is 2.52 bits per heavy atom. The topological polar surface area (TPSA) is 67.9 Å². The van der Waals surface area contributed by atoms with E-state index < -0.39 is 5.92 Å². The summed E-state index contributed by atoms with van der Waals surface area (Å²) in [7, 11) is 0. The molecule has 1 unspecified atom stereocenters. The minimum atomic E-state index is -0.616. The summed E-state index contributed by atoms with van der Waals surface area (Å²) in [6, 6.07) is 15.3. The average Bonchev–Trinajstić information content (AvgIpc) is 3.12. The molecule has 1 atom stereocenters. The Labute approximate surface area is 171 Å². The van der Waals surface area contributed by atoms with Crippen LogP contribution < -0.4 is 19.7 Å². The van der Waals surface area contributed by atoms with Crippen molar-refractivity contribution in [3.8, 4) is 11.5 Å². The normalized spacial score (nSPS) is 16.0. The lowest BCUT2D eigenvalue weighted by molar-refractivity contribution is -0.132. The minimum absolute atomic E-state index is 0.131. The highest BCUT2D eigenvalue weighted by atomic mass is 16.5. The Bertz CT molecular complexity index is 838. The molecule has 1 aliphatic rings. The Balaban J connectivity index is 1.53. The molecule has 2 amide bonds. The van der Waals surface area contributed by atoms with E-state index in [2.05, 4.69) is 5.32 Å². The Morgan fingerprint density at radius 2 is 1.79 bits per heavy atom. The fraction of sp³-hybridized carbons (Fsp3) is 0.391. The second kappa shape index (κ2) is 9.96. The lowest BCUT2D eigenvalue weighted by Gasteiger charge is -2.16. The minimum Gasteiger partial charge on any atom is -0.490 e. The highest BCUT2D eigenvalue weighted by molar-refractivity contribution is 6.09. The first-order valence-corrected chi connectivity index (χ1v) is 10.2. The van der Waals surface area contributed by atoms with Gasteiger partial charge in [-0.25, -0.2) is 0 Å². The lowest BCUT2D eigenvalue weighted by Crippen LogP contribution is -2.37. The molecular weight excluding hydrogens is 368 g/mol. The molecule has 1 aliphatic heterocycles. The van der Waals surface area contributed by atoms with Crippen molar-refractivity contribution in [3.05, 3.63) is 54.1 Å². The predicted molar refractivity (Wildman–Crippen MR) is 112 cm³/mol. The largest absolute Gasteiger partial charge is 0.490 e. The number of hydrogen-bond acceptors (Lipinski definition) is 4. The molecule has 0 aromatic heterocycles. The van der Waals surface area contributed by atoms with Crippen molar-refractivity contribution in [3.63, 3.8) is 0 Å². The molecule has 2 aromatic carbocycles. The number of benzene rings is 2. The van der Waals surface area contributed by atoms with Gasteiger partial charge in [0.25, 0.3) is 0 Å². The molecule has 154 valence electrons. The van der Waals surface area contributed by atoms with Crippen LogP contribution in [0.2, 0.25) is 0 Å². The van der Waals surface area contributed by atoms with E-state index in [1.54, 1.807) is 4.90 Å². The van der Waals surface area contributed by atoms with E-state index in [1.807, 2.05) is 62.4 Å². The number of rotatable bonds is 9. The summed E-state index contributed by atoms with van der Waals surface area (Å²) in [6.45, 7) is 6.03. The van der Waals surface area contributed by atoms with Gasteiger partial charge >= 0.3 is 0 Å². The molecule has 0 saturated carbocycles. The van der Waals surface area contributed by atoms with Crippen LogP contribution in [0.25, 0.3) is 0 Å². The smallest absolute Gasteiger partial charge is 0.239 e. The molecule has 2 aromatic rings. The number of para-hydroxylation sites is 1.